The Bertz CT molecular complexity index is 631. The van der Waals surface area contributed by atoms with Gasteiger partial charge in [0.25, 0.3) is 0 Å². The lowest BCUT2D eigenvalue weighted by Crippen LogP contribution is -2.29. The first kappa shape index (κ1) is 15.4. The van der Waals surface area contributed by atoms with Crippen LogP contribution in [0.15, 0.2) is 23.1 Å². The minimum absolute atomic E-state index is 0.278. The van der Waals surface area contributed by atoms with Crippen molar-refractivity contribution in [2.24, 2.45) is 17.6 Å². The van der Waals surface area contributed by atoms with E-state index in [1.54, 1.807) is 29.4 Å². The Labute approximate surface area is 126 Å². The van der Waals surface area contributed by atoms with Crippen LogP contribution in [0.4, 0.5) is 0 Å². The summed E-state index contributed by atoms with van der Waals surface area (Å²) in [5, 5.41) is 0. The number of nitrogens with two attached hydrogens (primary N) is 1. The summed E-state index contributed by atoms with van der Waals surface area (Å²) in [5.41, 5.74) is 6.95. The third kappa shape index (κ3) is 2.73. The highest BCUT2D eigenvalue weighted by molar-refractivity contribution is 7.89. The zero-order valence-electron chi connectivity index (χ0n) is 12.0. The van der Waals surface area contributed by atoms with E-state index in [2.05, 4.69) is 13.8 Å². The maximum Gasteiger partial charge on any atom is 0.243 e. The van der Waals surface area contributed by atoms with Gasteiger partial charge >= 0.3 is 0 Å². The average molecular weight is 312 g/mol. The van der Waals surface area contributed by atoms with Gasteiger partial charge in [-0.1, -0.05) is 32.1 Å². The molecular weight excluding hydrogens is 292 g/mol. The summed E-state index contributed by atoms with van der Waals surface area (Å²) in [6.07, 6.45) is 0. The highest BCUT2D eigenvalue weighted by Crippen LogP contribution is 2.29. The summed E-state index contributed by atoms with van der Waals surface area (Å²) >= 11 is 4.91. The normalized spacial score (nSPS) is 23.9. The summed E-state index contributed by atoms with van der Waals surface area (Å²) in [6.45, 7) is 7.11. The summed E-state index contributed by atoms with van der Waals surface area (Å²) < 4.78 is 27.0. The number of hydrogen-bond donors (Lipinski definition) is 1. The Morgan fingerprint density at radius 1 is 1.30 bits per heavy atom. The van der Waals surface area contributed by atoms with Crippen LogP contribution in [0.1, 0.15) is 25.0 Å². The monoisotopic (exact) mass is 312 g/mol. The third-order valence-electron chi connectivity index (χ3n) is 4.03. The van der Waals surface area contributed by atoms with Crippen LogP contribution in [-0.4, -0.2) is 30.8 Å². The molecule has 2 unspecified atom stereocenters. The first-order valence-corrected chi connectivity index (χ1v) is 8.49. The molecule has 0 aromatic heterocycles. The Hall–Kier alpha value is -0.980. The quantitative estimate of drug-likeness (QED) is 0.866. The second kappa shape index (κ2) is 5.42. The van der Waals surface area contributed by atoms with Crippen LogP contribution in [0.3, 0.4) is 0 Å². The lowest BCUT2D eigenvalue weighted by atomic mass is 10.0. The van der Waals surface area contributed by atoms with E-state index in [1.807, 2.05) is 0 Å². The van der Waals surface area contributed by atoms with E-state index in [-0.39, 0.29) is 4.99 Å². The van der Waals surface area contributed by atoms with Gasteiger partial charge in [0.1, 0.15) is 4.99 Å². The lowest BCUT2D eigenvalue weighted by Gasteiger charge is -2.18. The topological polar surface area (TPSA) is 63.4 Å². The molecule has 110 valence electrons. The van der Waals surface area contributed by atoms with E-state index in [4.69, 9.17) is 18.0 Å². The van der Waals surface area contributed by atoms with E-state index >= 15 is 0 Å². The van der Waals surface area contributed by atoms with Gasteiger partial charge < -0.3 is 5.73 Å². The number of thiocarbonyl (C=S) groups is 1. The summed E-state index contributed by atoms with van der Waals surface area (Å²) in [5.74, 6) is 0.780. The van der Waals surface area contributed by atoms with E-state index < -0.39 is 10.0 Å². The van der Waals surface area contributed by atoms with Gasteiger partial charge in [-0.25, -0.2) is 8.42 Å². The molecule has 20 heavy (non-hydrogen) atoms. The molecule has 2 atom stereocenters. The zero-order valence-corrected chi connectivity index (χ0v) is 13.6. The average Bonchev–Trinajstić information content (AvgIpc) is 2.69. The van der Waals surface area contributed by atoms with Gasteiger partial charge in [-0.3, -0.25) is 0 Å². The molecule has 0 spiro atoms. The fraction of sp³-hybridized carbons (Fsp3) is 0.500. The predicted octanol–water partition coefficient (Wildman–Crippen LogP) is 1.91. The number of benzene rings is 1. The molecule has 1 aliphatic rings. The van der Waals surface area contributed by atoms with Crippen LogP contribution in [0.25, 0.3) is 0 Å². The van der Waals surface area contributed by atoms with Crippen LogP contribution in [-0.2, 0) is 10.0 Å². The molecule has 4 nitrogen and oxygen atoms in total. The van der Waals surface area contributed by atoms with Crippen molar-refractivity contribution < 1.29 is 8.42 Å². The van der Waals surface area contributed by atoms with Crippen molar-refractivity contribution in [3.05, 3.63) is 29.3 Å². The van der Waals surface area contributed by atoms with Gasteiger partial charge in [0.2, 0.25) is 10.0 Å². The van der Waals surface area contributed by atoms with Crippen molar-refractivity contribution in [2.75, 3.05) is 13.1 Å². The predicted molar refractivity (Wildman–Crippen MR) is 84.2 cm³/mol. The van der Waals surface area contributed by atoms with Gasteiger partial charge in [-0.2, -0.15) is 4.31 Å². The smallest absolute Gasteiger partial charge is 0.243 e. The SMILES string of the molecule is Cc1cc(C(N)=S)ccc1S(=O)(=O)N1CC(C)C(C)C1. The molecule has 2 rings (SSSR count). The summed E-state index contributed by atoms with van der Waals surface area (Å²) in [7, 11) is -3.43. The maximum atomic E-state index is 12.7. The minimum atomic E-state index is -3.43. The summed E-state index contributed by atoms with van der Waals surface area (Å²) in [4.78, 5) is 0.624. The fourth-order valence-electron chi connectivity index (χ4n) is 2.50. The fourth-order valence-corrected chi connectivity index (χ4v) is 4.48. The van der Waals surface area contributed by atoms with Gasteiger partial charge in [-0.15, -0.1) is 0 Å². The molecule has 6 heteroatoms. The summed E-state index contributed by atoms with van der Waals surface area (Å²) in [6, 6.07) is 5.01. The Morgan fingerprint density at radius 3 is 2.30 bits per heavy atom. The standard InChI is InChI=1S/C14H20N2O2S2/c1-9-6-12(14(15)19)4-5-13(9)20(17,18)16-7-10(2)11(3)8-16/h4-6,10-11H,7-8H2,1-3H3,(H2,15,19). The van der Waals surface area contributed by atoms with Gasteiger partial charge in [-0.05, 0) is 36.5 Å². The number of aryl methyl sites for hydroxylation is 1. The van der Waals surface area contributed by atoms with Gasteiger partial charge in [0, 0.05) is 18.7 Å². The molecule has 0 amide bonds. The van der Waals surface area contributed by atoms with E-state index in [0.29, 0.717) is 40.9 Å². The highest BCUT2D eigenvalue weighted by atomic mass is 32.2. The van der Waals surface area contributed by atoms with Gasteiger partial charge in [0.05, 0.1) is 4.90 Å². The van der Waals surface area contributed by atoms with Crippen molar-refractivity contribution in [1.29, 1.82) is 0 Å². The molecule has 1 fully saturated rings. The van der Waals surface area contributed by atoms with Crippen molar-refractivity contribution in [2.45, 2.75) is 25.7 Å². The molecule has 1 saturated heterocycles. The van der Waals surface area contributed by atoms with Crippen molar-refractivity contribution in [3.8, 4) is 0 Å². The molecule has 0 saturated carbocycles. The number of sulfonamides is 1. The Balaban J connectivity index is 2.38. The Morgan fingerprint density at radius 2 is 1.85 bits per heavy atom. The molecular formula is C14H20N2O2S2. The molecule has 0 aliphatic carbocycles. The Kier molecular flexibility index (Phi) is 4.18. The third-order valence-corrected chi connectivity index (χ3v) is 6.26. The first-order chi connectivity index (χ1) is 9.23. The van der Waals surface area contributed by atoms with Crippen LogP contribution in [0.5, 0.6) is 0 Å². The number of nitrogens with zero attached hydrogens (tertiary/aromatic N) is 1. The van der Waals surface area contributed by atoms with E-state index in [1.165, 1.54) is 0 Å². The van der Waals surface area contributed by atoms with E-state index in [9.17, 15) is 8.42 Å². The largest absolute Gasteiger partial charge is 0.389 e. The minimum Gasteiger partial charge on any atom is -0.389 e. The molecule has 1 aromatic rings. The molecule has 2 N–H and O–H groups in total. The number of hydrogen-bond acceptors (Lipinski definition) is 3. The first-order valence-electron chi connectivity index (χ1n) is 6.64. The second-order valence-electron chi connectivity index (χ2n) is 5.62. The molecule has 1 aromatic carbocycles. The van der Waals surface area contributed by atoms with Gasteiger partial charge in [0.15, 0.2) is 0 Å². The lowest BCUT2D eigenvalue weighted by molar-refractivity contribution is 0.463. The molecule has 0 bridgehead atoms. The maximum absolute atomic E-state index is 12.7. The molecule has 0 radical (unpaired) electrons. The highest BCUT2D eigenvalue weighted by Gasteiger charge is 2.35. The number of rotatable bonds is 3. The van der Waals surface area contributed by atoms with Crippen molar-refractivity contribution in [3.63, 3.8) is 0 Å². The van der Waals surface area contributed by atoms with Crippen LogP contribution >= 0.6 is 12.2 Å². The van der Waals surface area contributed by atoms with Crippen molar-refractivity contribution in [1.82, 2.24) is 4.31 Å². The van der Waals surface area contributed by atoms with Crippen LogP contribution in [0, 0.1) is 18.8 Å². The van der Waals surface area contributed by atoms with Crippen LogP contribution < -0.4 is 5.73 Å². The second-order valence-corrected chi connectivity index (χ2v) is 7.97. The van der Waals surface area contributed by atoms with Crippen LogP contribution in [0.2, 0.25) is 0 Å². The van der Waals surface area contributed by atoms with E-state index in [0.717, 1.165) is 0 Å². The zero-order chi connectivity index (χ0) is 15.1. The molecule has 1 aliphatic heterocycles. The van der Waals surface area contributed by atoms with Crippen molar-refractivity contribution >= 4 is 27.2 Å². The molecule has 1 heterocycles.